The summed E-state index contributed by atoms with van der Waals surface area (Å²) < 4.78 is 13.1. The van der Waals surface area contributed by atoms with Gasteiger partial charge in [-0.1, -0.05) is 29.8 Å². The van der Waals surface area contributed by atoms with Crippen LogP contribution in [0.3, 0.4) is 0 Å². The van der Waals surface area contributed by atoms with Gasteiger partial charge in [0, 0.05) is 18.0 Å². The lowest BCUT2D eigenvalue weighted by molar-refractivity contribution is -0.129. The maximum atomic E-state index is 13.1. The fourth-order valence-electron chi connectivity index (χ4n) is 2.14. The Kier molecular flexibility index (Phi) is 7.24. The van der Waals surface area contributed by atoms with Crippen molar-refractivity contribution in [2.24, 2.45) is 0 Å². The normalized spacial score (nSPS) is 10.8. The zero-order chi connectivity index (χ0) is 19.1. The van der Waals surface area contributed by atoms with E-state index in [2.05, 4.69) is 5.32 Å². The predicted octanol–water partition coefficient (Wildman–Crippen LogP) is 4.31. The number of likely N-dealkylation sites (N-methyl/N-ethyl adjacent to an activating group) is 1. The number of hydrogen-bond acceptors (Lipinski definition) is 3. The third kappa shape index (κ3) is 5.61. The van der Waals surface area contributed by atoms with Gasteiger partial charge in [0.15, 0.2) is 0 Å². The zero-order valence-electron chi connectivity index (χ0n) is 14.3. The number of nitrogens with one attached hydrogen (secondary N) is 1. The van der Waals surface area contributed by atoms with Crippen LogP contribution < -0.4 is 5.32 Å². The Morgan fingerprint density at radius 2 is 2.00 bits per heavy atom. The highest BCUT2D eigenvalue weighted by Gasteiger charge is 2.12. The van der Waals surface area contributed by atoms with E-state index in [-0.39, 0.29) is 23.4 Å². The number of rotatable bonds is 6. The minimum atomic E-state index is -0.519. The van der Waals surface area contributed by atoms with Crippen LogP contribution in [-0.2, 0) is 9.59 Å². The highest BCUT2D eigenvalue weighted by atomic mass is 35.5. The molecular formula is C19H18ClFN2O2S. The molecule has 0 fully saturated rings. The van der Waals surface area contributed by atoms with E-state index in [1.165, 1.54) is 54.1 Å². The maximum Gasteiger partial charge on any atom is 0.246 e. The number of hydrogen-bond donors (Lipinski definition) is 1. The van der Waals surface area contributed by atoms with Gasteiger partial charge >= 0.3 is 0 Å². The fraction of sp³-hybridized carbons (Fsp3) is 0.158. The van der Waals surface area contributed by atoms with Gasteiger partial charge in [-0.15, -0.1) is 11.8 Å². The molecule has 0 unspecified atom stereocenters. The number of para-hydroxylation sites is 1. The molecule has 2 amide bonds. The Balaban J connectivity index is 1.94. The van der Waals surface area contributed by atoms with E-state index in [1.807, 2.05) is 30.5 Å². The van der Waals surface area contributed by atoms with Crippen LogP contribution in [-0.4, -0.2) is 36.6 Å². The van der Waals surface area contributed by atoms with E-state index < -0.39 is 5.82 Å². The topological polar surface area (TPSA) is 49.4 Å². The quantitative estimate of drug-likeness (QED) is 0.588. The van der Waals surface area contributed by atoms with E-state index >= 15 is 0 Å². The van der Waals surface area contributed by atoms with Crippen molar-refractivity contribution in [1.29, 1.82) is 0 Å². The predicted molar refractivity (Wildman–Crippen MR) is 105 cm³/mol. The monoisotopic (exact) mass is 392 g/mol. The van der Waals surface area contributed by atoms with Crippen molar-refractivity contribution >= 4 is 46.9 Å². The third-order valence-electron chi connectivity index (χ3n) is 3.50. The second-order valence-electron chi connectivity index (χ2n) is 5.45. The lowest BCUT2D eigenvalue weighted by Gasteiger charge is -2.15. The van der Waals surface area contributed by atoms with Gasteiger partial charge in [-0.05, 0) is 42.2 Å². The van der Waals surface area contributed by atoms with Crippen LogP contribution in [0.5, 0.6) is 0 Å². The first-order valence-corrected chi connectivity index (χ1v) is 9.32. The van der Waals surface area contributed by atoms with Crippen molar-refractivity contribution in [1.82, 2.24) is 4.90 Å². The van der Waals surface area contributed by atoms with E-state index in [0.29, 0.717) is 11.3 Å². The first kappa shape index (κ1) is 20.0. The average molecular weight is 393 g/mol. The van der Waals surface area contributed by atoms with Crippen LogP contribution in [0.1, 0.15) is 5.56 Å². The number of anilines is 1. The Bertz CT molecular complexity index is 842. The van der Waals surface area contributed by atoms with Crippen molar-refractivity contribution in [2.75, 3.05) is 25.2 Å². The van der Waals surface area contributed by atoms with E-state index in [9.17, 15) is 14.0 Å². The fourth-order valence-corrected chi connectivity index (χ4v) is 2.88. The molecule has 1 N–H and O–H groups in total. The Hall–Kier alpha value is -2.31. The number of benzene rings is 2. The van der Waals surface area contributed by atoms with Crippen LogP contribution in [0.2, 0.25) is 5.02 Å². The molecule has 26 heavy (non-hydrogen) atoms. The second-order valence-corrected chi connectivity index (χ2v) is 6.70. The van der Waals surface area contributed by atoms with Gasteiger partial charge in [0.05, 0.1) is 17.3 Å². The lowest BCUT2D eigenvalue weighted by Crippen LogP contribution is -2.33. The van der Waals surface area contributed by atoms with E-state index in [0.717, 1.165) is 4.90 Å². The molecule has 0 saturated carbocycles. The van der Waals surface area contributed by atoms with Crippen LogP contribution in [0, 0.1) is 5.82 Å². The smallest absolute Gasteiger partial charge is 0.246 e. The molecule has 4 nitrogen and oxygen atoms in total. The summed E-state index contributed by atoms with van der Waals surface area (Å²) in [4.78, 5) is 26.5. The molecule has 7 heteroatoms. The SMILES string of the molecule is CSc1ccccc1NC(=O)CN(C)C(=O)/C=C/c1ccc(F)c(Cl)c1. The summed E-state index contributed by atoms with van der Waals surface area (Å²) in [5, 5.41) is 2.78. The Morgan fingerprint density at radius 3 is 2.69 bits per heavy atom. The Morgan fingerprint density at radius 1 is 1.27 bits per heavy atom. The molecule has 0 heterocycles. The van der Waals surface area contributed by atoms with Gasteiger partial charge in [-0.25, -0.2) is 4.39 Å². The van der Waals surface area contributed by atoms with Crippen molar-refractivity contribution < 1.29 is 14.0 Å². The van der Waals surface area contributed by atoms with Gasteiger partial charge in [0.1, 0.15) is 5.82 Å². The Labute approximate surface area is 161 Å². The lowest BCUT2D eigenvalue weighted by atomic mass is 10.2. The summed E-state index contributed by atoms with van der Waals surface area (Å²) in [7, 11) is 1.53. The third-order valence-corrected chi connectivity index (χ3v) is 4.59. The summed E-state index contributed by atoms with van der Waals surface area (Å²) in [6.45, 7) is -0.0872. The molecule has 2 aromatic rings. The summed E-state index contributed by atoms with van der Waals surface area (Å²) in [5.41, 5.74) is 1.30. The van der Waals surface area contributed by atoms with Crippen molar-refractivity contribution in [3.63, 3.8) is 0 Å². The van der Waals surface area contributed by atoms with Gasteiger partial charge in [-0.2, -0.15) is 0 Å². The molecule has 0 aliphatic heterocycles. The summed E-state index contributed by atoms with van der Waals surface area (Å²) in [5.74, 6) is -1.16. The van der Waals surface area contributed by atoms with Gasteiger partial charge in [0.25, 0.3) is 0 Å². The van der Waals surface area contributed by atoms with Crippen LogP contribution in [0.4, 0.5) is 10.1 Å². The van der Waals surface area contributed by atoms with Gasteiger partial charge in [0.2, 0.25) is 11.8 Å². The molecule has 0 aliphatic rings. The molecular weight excluding hydrogens is 375 g/mol. The minimum Gasteiger partial charge on any atom is -0.333 e. The van der Waals surface area contributed by atoms with Crippen molar-refractivity contribution in [3.8, 4) is 0 Å². The second kappa shape index (κ2) is 9.40. The average Bonchev–Trinajstić information content (AvgIpc) is 2.62. The molecule has 0 saturated heterocycles. The molecule has 136 valence electrons. The standard InChI is InChI=1S/C19H18ClFN2O2S/c1-23(12-18(24)22-16-5-3-4-6-17(16)26-2)19(25)10-8-13-7-9-15(21)14(20)11-13/h3-11H,12H2,1-2H3,(H,22,24)/b10-8+. The molecule has 2 aromatic carbocycles. The molecule has 0 aliphatic carbocycles. The highest BCUT2D eigenvalue weighted by Crippen LogP contribution is 2.24. The van der Waals surface area contributed by atoms with Crippen LogP contribution in [0.15, 0.2) is 53.4 Å². The van der Waals surface area contributed by atoms with Gasteiger partial charge in [-0.3, -0.25) is 9.59 Å². The molecule has 0 bridgehead atoms. The van der Waals surface area contributed by atoms with Crippen molar-refractivity contribution in [3.05, 3.63) is 64.9 Å². The molecule has 2 rings (SSSR count). The van der Waals surface area contributed by atoms with E-state index in [4.69, 9.17) is 11.6 Å². The zero-order valence-corrected chi connectivity index (χ0v) is 15.9. The summed E-state index contributed by atoms with van der Waals surface area (Å²) >= 11 is 7.23. The minimum absolute atomic E-state index is 0.0141. The molecule has 0 spiro atoms. The largest absolute Gasteiger partial charge is 0.333 e. The highest BCUT2D eigenvalue weighted by molar-refractivity contribution is 7.98. The number of amides is 2. The van der Waals surface area contributed by atoms with Gasteiger partial charge < -0.3 is 10.2 Å². The first-order chi connectivity index (χ1) is 12.4. The van der Waals surface area contributed by atoms with Crippen LogP contribution >= 0.6 is 23.4 Å². The number of carbonyl (C=O) groups excluding carboxylic acids is 2. The summed E-state index contributed by atoms with van der Waals surface area (Å²) in [6.07, 6.45) is 4.75. The van der Waals surface area contributed by atoms with E-state index in [1.54, 1.807) is 0 Å². The number of carbonyl (C=O) groups is 2. The first-order valence-electron chi connectivity index (χ1n) is 7.72. The molecule has 0 aromatic heterocycles. The summed E-state index contributed by atoms with van der Waals surface area (Å²) in [6, 6.07) is 11.6. The molecule has 0 radical (unpaired) electrons. The number of nitrogens with zero attached hydrogens (tertiary/aromatic N) is 1. The molecule has 0 atom stereocenters. The maximum absolute atomic E-state index is 13.1. The number of halogens is 2. The van der Waals surface area contributed by atoms with Crippen LogP contribution in [0.25, 0.3) is 6.08 Å². The number of thioether (sulfide) groups is 1. The van der Waals surface area contributed by atoms with Crippen molar-refractivity contribution in [2.45, 2.75) is 4.90 Å².